The Morgan fingerprint density at radius 1 is 1.02 bits per heavy atom. The van der Waals surface area contributed by atoms with Crippen molar-refractivity contribution < 1.29 is 17.9 Å². The molecule has 10 heteroatoms. The highest BCUT2D eigenvalue weighted by Crippen LogP contribution is 2.34. The molecule has 40 heavy (non-hydrogen) atoms. The summed E-state index contributed by atoms with van der Waals surface area (Å²) in [4.78, 5) is 23.2. The highest BCUT2D eigenvalue weighted by molar-refractivity contribution is 7.89. The van der Waals surface area contributed by atoms with Gasteiger partial charge in [-0.15, -0.1) is 0 Å². The van der Waals surface area contributed by atoms with Gasteiger partial charge in [0, 0.05) is 44.8 Å². The van der Waals surface area contributed by atoms with Crippen LogP contribution in [0.3, 0.4) is 0 Å². The van der Waals surface area contributed by atoms with E-state index in [9.17, 15) is 13.2 Å². The van der Waals surface area contributed by atoms with Crippen molar-refractivity contribution in [2.75, 3.05) is 51.3 Å². The number of hydrogen-bond acceptors (Lipinski definition) is 7. The normalized spacial score (nSPS) is 17.5. The zero-order chi connectivity index (χ0) is 28.3. The van der Waals surface area contributed by atoms with Gasteiger partial charge >= 0.3 is 0 Å². The summed E-state index contributed by atoms with van der Waals surface area (Å²) < 4.78 is 34.7. The average molecular weight is 585 g/mol. The van der Waals surface area contributed by atoms with Gasteiger partial charge in [0.1, 0.15) is 0 Å². The van der Waals surface area contributed by atoms with Gasteiger partial charge in [-0.3, -0.25) is 14.6 Å². The van der Waals surface area contributed by atoms with Crippen LogP contribution in [0.1, 0.15) is 60.0 Å². The number of amides is 1. The topological polar surface area (TPSA) is 83.0 Å². The number of hydrogen-bond donors (Lipinski definition) is 0. The van der Waals surface area contributed by atoms with E-state index in [1.807, 2.05) is 6.92 Å². The fourth-order valence-corrected chi connectivity index (χ4v) is 8.21. The third-order valence-electron chi connectivity index (χ3n) is 8.23. The SMILES string of the molecule is Cc1ccc(C)c2sc(N(CCCN3CCOCC3)C(=O)c3ccc(S(=O)(=O)N(C)C4CCCCC4)cc3)nc12. The number of benzene rings is 2. The minimum atomic E-state index is -3.62. The first kappa shape index (κ1) is 29.1. The summed E-state index contributed by atoms with van der Waals surface area (Å²) in [6.07, 6.45) is 5.88. The van der Waals surface area contributed by atoms with Gasteiger partial charge in [-0.1, -0.05) is 42.7 Å². The van der Waals surface area contributed by atoms with Gasteiger partial charge in [-0.2, -0.15) is 4.31 Å². The third-order valence-corrected chi connectivity index (χ3v) is 11.4. The molecule has 1 aliphatic heterocycles. The molecule has 8 nitrogen and oxygen atoms in total. The minimum absolute atomic E-state index is 0.0352. The van der Waals surface area contributed by atoms with Crippen molar-refractivity contribution >= 4 is 42.6 Å². The lowest BCUT2D eigenvalue weighted by molar-refractivity contribution is 0.0376. The fourth-order valence-electron chi connectivity index (χ4n) is 5.66. The van der Waals surface area contributed by atoms with E-state index in [-0.39, 0.29) is 16.8 Å². The van der Waals surface area contributed by atoms with Crippen molar-refractivity contribution in [2.24, 2.45) is 0 Å². The van der Waals surface area contributed by atoms with E-state index in [0.29, 0.717) is 17.2 Å². The molecule has 0 unspecified atom stereocenters. The van der Waals surface area contributed by atoms with E-state index >= 15 is 0 Å². The van der Waals surface area contributed by atoms with Gasteiger partial charge in [-0.05, 0) is 68.5 Å². The van der Waals surface area contributed by atoms with Crippen LogP contribution in [0.25, 0.3) is 10.2 Å². The molecule has 2 aliphatic rings. The lowest BCUT2D eigenvalue weighted by atomic mass is 9.96. The Kier molecular flexibility index (Phi) is 9.21. The molecule has 1 aliphatic carbocycles. The summed E-state index contributed by atoms with van der Waals surface area (Å²) in [5.74, 6) is -0.166. The molecular formula is C30H40N4O4S2. The Morgan fingerprint density at radius 2 is 1.70 bits per heavy atom. The number of morpholine rings is 1. The van der Waals surface area contributed by atoms with Crippen LogP contribution in [0.15, 0.2) is 41.3 Å². The van der Waals surface area contributed by atoms with Gasteiger partial charge < -0.3 is 4.74 Å². The maximum atomic E-state index is 13.9. The van der Waals surface area contributed by atoms with Crippen molar-refractivity contribution in [2.45, 2.75) is 63.3 Å². The Balaban J connectivity index is 1.38. The molecule has 0 atom stereocenters. The number of carbonyl (C=O) groups is 1. The number of nitrogens with zero attached hydrogens (tertiary/aromatic N) is 4. The summed E-state index contributed by atoms with van der Waals surface area (Å²) in [6.45, 7) is 8.79. The number of thiazole rings is 1. The van der Waals surface area contributed by atoms with Crippen molar-refractivity contribution in [3.8, 4) is 0 Å². The molecule has 2 aromatic carbocycles. The molecule has 0 radical (unpaired) electrons. The van der Waals surface area contributed by atoms with Gasteiger partial charge in [0.25, 0.3) is 5.91 Å². The van der Waals surface area contributed by atoms with E-state index in [0.717, 1.165) is 92.7 Å². The number of aromatic nitrogens is 1. The standard InChI is InChI=1S/C30H40N4O4S2/c1-22-10-11-23(2)28-27(22)31-30(39-28)34(17-7-16-33-18-20-38-21-19-33)29(35)24-12-14-26(15-13-24)40(36,37)32(3)25-8-5-4-6-9-25/h10-15,25H,4-9,16-21H2,1-3H3. The Morgan fingerprint density at radius 3 is 2.38 bits per heavy atom. The van der Waals surface area contributed by atoms with Crippen LogP contribution in [0.4, 0.5) is 5.13 Å². The molecule has 0 N–H and O–H groups in total. The van der Waals surface area contributed by atoms with E-state index in [2.05, 4.69) is 24.0 Å². The molecule has 3 aromatic rings. The summed E-state index contributed by atoms with van der Waals surface area (Å²) in [6, 6.07) is 10.6. The molecule has 1 saturated carbocycles. The maximum Gasteiger partial charge on any atom is 0.260 e. The number of sulfonamides is 1. The molecule has 2 fully saturated rings. The first-order valence-corrected chi connectivity index (χ1v) is 16.6. The highest BCUT2D eigenvalue weighted by atomic mass is 32.2. The third kappa shape index (κ3) is 6.26. The monoisotopic (exact) mass is 584 g/mol. The van der Waals surface area contributed by atoms with Crippen molar-refractivity contribution in [3.05, 3.63) is 53.1 Å². The largest absolute Gasteiger partial charge is 0.379 e. The van der Waals surface area contributed by atoms with Gasteiger partial charge in [0.15, 0.2) is 5.13 Å². The zero-order valence-electron chi connectivity index (χ0n) is 23.8. The van der Waals surface area contributed by atoms with Crippen LogP contribution in [-0.2, 0) is 14.8 Å². The number of fused-ring (bicyclic) bond motifs is 1. The maximum absolute atomic E-state index is 13.9. The van der Waals surface area contributed by atoms with Crippen LogP contribution in [-0.4, -0.2) is 81.0 Å². The fraction of sp³-hybridized carbons (Fsp3) is 0.533. The summed E-state index contributed by atoms with van der Waals surface area (Å²) in [7, 11) is -1.95. The zero-order valence-corrected chi connectivity index (χ0v) is 25.4. The first-order chi connectivity index (χ1) is 19.3. The second-order valence-electron chi connectivity index (χ2n) is 11.0. The Hall–Kier alpha value is -2.37. The molecule has 216 valence electrons. The van der Waals surface area contributed by atoms with Crippen LogP contribution in [0, 0.1) is 13.8 Å². The smallest absolute Gasteiger partial charge is 0.260 e. The summed E-state index contributed by atoms with van der Waals surface area (Å²) in [5, 5.41) is 0.674. The van der Waals surface area contributed by atoms with E-state index in [4.69, 9.17) is 9.72 Å². The van der Waals surface area contributed by atoms with Crippen molar-refractivity contribution in [3.63, 3.8) is 0 Å². The van der Waals surface area contributed by atoms with Crippen LogP contribution in [0.5, 0.6) is 0 Å². The van der Waals surface area contributed by atoms with E-state index < -0.39 is 10.0 Å². The van der Waals surface area contributed by atoms with Gasteiger partial charge in [0.2, 0.25) is 10.0 Å². The average Bonchev–Trinajstić information content (AvgIpc) is 3.44. The van der Waals surface area contributed by atoms with Gasteiger partial charge in [-0.25, -0.2) is 13.4 Å². The molecular weight excluding hydrogens is 544 g/mol. The second-order valence-corrected chi connectivity index (χ2v) is 14.0. The predicted molar refractivity (Wildman–Crippen MR) is 161 cm³/mol. The van der Waals surface area contributed by atoms with E-state index in [1.165, 1.54) is 4.31 Å². The molecule has 1 saturated heterocycles. The highest BCUT2D eigenvalue weighted by Gasteiger charge is 2.30. The van der Waals surface area contributed by atoms with E-state index in [1.54, 1.807) is 47.5 Å². The lowest BCUT2D eigenvalue weighted by Crippen LogP contribution is -2.39. The second kappa shape index (κ2) is 12.7. The number of carbonyl (C=O) groups excluding carboxylic acids is 1. The Bertz CT molecular complexity index is 1390. The van der Waals surface area contributed by atoms with Crippen molar-refractivity contribution in [1.82, 2.24) is 14.2 Å². The number of rotatable bonds is 9. The molecule has 1 aromatic heterocycles. The lowest BCUT2D eigenvalue weighted by Gasteiger charge is -2.30. The molecule has 1 amide bonds. The number of ether oxygens (including phenoxy) is 1. The minimum Gasteiger partial charge on any atom is -0.379 e. The molecule has 0 spiro atoms. The quantitative estimate of drug-likeness (QED) is 0.342. The predicted octanol–water partition coefficient (Wildman–Crippen LogP) is 5.24. The van der Waals surface area contributed by atoms with Crippen LogP contribution < -0.4 is 4.90 Å². The molecule has 0 bridgehead atoms. The van der Waals surface area contributed by atoms with Crippen LogP contribution >= 0.6 is 11.3 Å². The summed E-state index contributed by atoms with van der Waals surface area (Å²) in [5.41, 5.74) is 3.61. The Labute approximate surface area is 242 Å². The van der Waals surface area contributed by atoms with Crippen LogP contribution in [0.2, 0.25) is 0 Å². The number of anilines is 1. The number of aryl methyl sites for hydroxylation is 2. The molecule has 5 rings (SSSR count). The molecule has 2 heterocycles. The summed E-state index contributed by atoms with van der Waals surface area (Å²) >= 11 is 1.54. The van der Waals surface area contributed by atoms with Gasteiger partial charge in [0.05, 0.1) is 28.3 Å². The van der Waals surface area contributed by atoms with Crippen molar-refractivity contribution in [1.29, 1.82) is 0 Å². The first-order valence-electron chi connectivity index (χ1n) is 14.3.